The molecular weight excluding hydrogens is 668 g/mol. The van der Waals surface area contributed by atoms with Gasteiger partial charge >= 0.3 is 21.1 Å². The van der Waals surface area contributed by atoms with Gasteiger partial charge in [0.05, 0.1) is 18.0 Å². The van der Waals surface area contributed by atoms with Crippen LogP contribution in [0.2, 0.25) is 0 Å². The summed E-state index contributed by atoms with van der Waals surface area (Å²) >= 11 is 1.60. The van der Waals surface area contributed by atoms with Crippen LogP contribution < -0.4 is 9.80 Å². The van der Waals surface area contributed by atoms with Crippen LogP contribution in [0.5, 0.6) is 0 Å². The van der Waals surface area contributed by atoms with E-state index in [1.165, 1.54) is 11.4 Å². The second-order valence-corrected chi connectivity index (χ2v) is 10.2. The fourth-order valence-electron chi connectivity index (χ4n) is 5.07. The number of fused-ring (bicyclic) bond motifs is 4. The second kappa shape index (κ2) is 9.98. The Morgan fingerprint density at radius 2 is 1.66 bits per heavy atom. The number of aryl methyl sites for hydroxylation is 1. The van der Waals surface area contributed by atoms with Gasteiger partial charge in [0.2, 0.25) is 0 Å². The topological polar surface area (TPSA) is 24.3 Å². The number of nitrogens with zero attached hydrogens (tertiary/aromatic N) is 4. The van der Waals surface area contributed by atoms with Crippen LogP contribution in [-0.4, -0.2) is 23.3 Å². The maximum absolute atomic E-state index is 7.89. The molecule has 0 spiro atoms. The number of anilines is 3. The smallest absolute Gasteiger partial charge is 0.355 e. The van der Waals surface area contributed by atoms with E-state index >= 15 is 0 Å². The van der Waals surface area contributed by atoms with Gasteiger partial charge in [-0.15, -0.1) is 45.1 Å². The van der Waals surface area contributed by atoms with E-state index in [1.807, 2.05) is 22.8 Å². The largest absolute Gasteiger partial charge is 2.00 e. The Labute approximate surface area is 245 Å². The van der Waals surface area contributed by atoms with Gasteiger partial charge < -0.3 is 14.4 Å². The van der Waals surface area contributed by atoms with Crippen LogP contribution in [0.25, 0.3) is 27.6 Å². The Morgan fingerprint density at radius 1 is 0.842 bits per heavy atom. The van der Waals surface area contributed by atoms with Crippen molar-refractivity contribution in [3.05, 3.63) is 115 Å². The number of pyridine rings is 1. The zero-order valence-electron chi connectivity index (χ0n) is 23.5. The average Bonchev–Trinajstić information content (AvgIpc) is 3.47. The van der Waals surface area contributed by atoms with E-state index in [1.54, 1.807) is 30.1 Å². The Morgan fingerprint density at radius 3 is 2.55 bits per heavy atom. The molecule has 0 radical (unpaired) electrons. The van der Waals surface area contributed by atoms with E-state index in [0.717, 1.165) is 44.0 Å². The minimum Gasteiger partial charge on any atom is -0.355 e. The number of para-hydroxylation sites is 3. The minimum absolute atomic E-state index is 0. The molecule has 2 aromatic heterocycles. The van der Waals surface area contributed by atoms with Crippen molar-refractivity contribution in [2.24, 2.45) is 0 Å². The Hall–Kier alpha value is -3.53. The summed E-state index contributed by atoms with van der Waals surface area (Å²) in [7, 11) is 2.10. The Balaban J connectivity index is 0.00000302. The molecule has 0 aliphatic carbocycles. The number of benzene rings is 4. The van der Waals surface area contributed by atoms with Crippen LogP contribution in [0.1, 0.15) is 9.68 Å². The molecule has 0 N–H and O–H groups in total. The molecule has 38 heavy (non-hydrogen) atoms. The molecule has 0 unspecified atom stereocenters. The summed E-state index contributed by atoms with van der Waals surface area (Å²) in [6.07, 6.45) is 1.56. The fourth-order valence-corrected chi connectivity index (χ4v) is 5.89. The van der Waals surface area contributed by atoms with Gasteiger partial charge in [0, 0.05) is 22.9 Å². The van der Waals surface area contributed by atoms with Gasteiger partial charge in [0.25, 0.3) is 0 Å². The van der Waals surface area contributed by atoms with Gasteiger partial charge in [-0.2, -0.15) is 24.3 Å². The zero-order chi connectivity index (χ0) is 27.4. The predicted octanol–water partition coefficient (Wildman–Crippen LogP) is 7.78. The number of hydrogen-bond donors (Lipinski definition) is 0. The molecule has 7 rings (SSSR count). The van der Waals surface area contributed by atoms with E-state index in [0.29, 0.717) is 5.82 Å². The van der Waals surface area contributed by atoms with Crippen LogP contribution in [-0.2, 0) is 21.1 Å². The summed E-state index contributed by atoms with van der Waals surface area (Å²) in [6.45, 7) is -1.45. The minimum atomic E-state index is -2.22. The summed E-state index contributed by atoms with van der Waals surface area (Å²) in [4.78, 5) is 11.0. The summed E-state index contributed by atoms with van der Waals surface area (Å²) in [5.41, 5.74) is 5.46. The molecule has 0 bridgehead atoms. The monoisotopic (exact) mass is 694 g/mol. The van der Waals surface area contributed by atoms with Crippen LogP contribution in [0, 0.1) is 19.0 Å². The van der Waals surface area contributed by atoms with Gasteiger partial charge in [-0.1, -0.05) is 41.5 Å². The maximum Gasteiger partial charge on any atom is 2.00 e. The third-order valence-electron chi connectivity index (χ3n) is 6.73. The van der Waals surface area contributed by atoms with Gasteiger partial charge in [-0.05, 0) is 48.1 Å². The van der Waals surface area contributed by atoms with Gasteiger partial charge in [-0.3, -0.25) is 0 Å². The Kier molecular flexibility index (Phi) is 5.62. The van der Waals surface area contributed by atoms with Crippen molar-refractivity contribution in [1.82, 2.24) is 9.55 Å². The maximum atomic E-state index is 7.89. The molecular formula is C32H24N4PtS. The summed E-state index contributed by atoms with van der Waals surface area (Å²) in [5.74, 6) is 0.559. The third kappa shape index (κ3) is 4.20. The molecule has 0 saturated heterocycles. The standard InChI is InChI=1S/C32H24N4S.Pt/c1-22-16-17-33-32(18-22)36-28-11-4-3-10-26(28)27-15-14-25(20-31(27)36)37-24-9-7-8-23(19-24)35-21-34(2)29-12-5-6-13-30(29)35;/h3-18H,21H2,1-2H3;/q-2;+2/i1D3;. The summed E-state index contributed by atoms with van der Waals surface area (Å²) in [5, 5.41) is 2.10. The van der Waals surface area contributed by atoms with E-state index in [4.69, 9.17) is 4.11 Å². The molecule has 6 aromatic rings. The van der Waals surface area contributed by atoms with Crippen molar-refractivity contribution in [3.63, 3.8) is 0 Å². The summed E-state index contributed by atoms with van der Waals surface area (Å²) in [6, 6.07) is 37.3. The van der Waals surface area contributed by atoms with E-state index < -0.39 is 6.85 Å². The van der Waals surface area contributed by atoms with E-state index in [2.05, 4.69) is 94.6 Å². The first-order chi connectivity index (χ1) is 19.4. The number of rotatable bonds is 4. The summed E-state index contributed by atoms with van der Waals surface area (Å²) < 4.78 is 25.7. The van der Waals surface area contributed by atoms with Crippen LogP contribution in [0.15, 0.2) is 107 Å². The molecule has 1 aliphatic rings. The van der Waals surface area contributed by atoms with Crippen molar-refractivity contribution in [1.29, 1.82) is 0 Å². The molecule has 1 aliphatic heterocycles. The van der Waals surface area contributed by atoms with Gasteiger partial charge in [0.1, 0.15) is 5.82 Å². The van der Waals surface area contributed by atoms with Crippen LogP contribution in [0.4, 0.5) is 17.1 Å². The molecule has 3 heterocycles. The van der Waals surface area contributed by atoms with E-state index in [-0.39, 0.29) is 26.6 Å². The predicted molar refractivity (Wildman–Crippen MR) is 153 cm³/mol. The molecule has 0 amide bonds. The zero-order valence-corrected chi connectivity index (χ0v) is 23.5. The second-order valence-electron chi connectivity index (χ2n) is 9.10. The average molecular weight is 695 g/mol. The molecule has 4 nitrogen and oxygen atoms in total. The van der Waals surface area contributed by atoms with Crippen molar-refractivity contribution in [2.45, 2.75) is 16.6 Å². The molecule has 0 fully saturated rings. The Bertz CT molecular complexity index is 1900. The molecule has 0 atom stereocenters. The first-order valence-corrected chi connectivity index (χ1v) is 12.9. The number of aromatic nitrogens is 2. The molecule has 188 valence electrons. The first kappa shape index (κ1) is 21.4. The van der Waals surface area contributed by atoms with Crippen molar-refractivity contribution < 1.29 is 25.2 Å². The fraction of sp³-hybridized carbons (Fsp3) is 0.0938. The van der Waals surface area contributed by atoms with Crippen molar-refractivity contribution >= 4 is 50.6 Å². The van der Waals surface area contributed by atoms with Crippen LogP contribution in [0.3, 0.4) is 0 Å². The SMILES string of the molecule is [2H]C([2H])([2H])c1ccnc(-n2c3[c-]c(Sc4[c-]c(N5CN(C)c6ccccc65)ccc4)ccc3c3ccccc32)c1.[Pt+2]. The van der Waals surface area contributed by atoms with Crippen molar-refractivity contribution in [3.8, 4) is 5.82 Å². The molecule has 6 heteroatoms. The normalized spacial score (nSPS) is 14.2. The van der Waals surface area contributed by atoms with Crippen LogP contribution >= 0.6 is 11.8 Å². The first-order valence-electron chi connectivity index (χ1n) is 13.6. The quantitative estimate of drug-likeness (QED) is 0.176. The third-order valence-corrected chi connectivity index (χ3v) is 7.65. The van der Waals surface area contributed by atoms with Gasteiger partial charge in [-0.25, -0.2) is 4.98 Å². The molecule has 0 saturated carbocycles. The molecule has 4 aromatic carbocycles. The van der Waals surface area contributed by atoms with E-state index in [9.17, 15) is 0 Å². The number of hydrogen-bond acceptors (Lipinski definition) is 4. The van der Waals surface area contributed by atoms with Crippen molar-refractivity contribution in [2.75, 3.05) is 23.5 Å². The van der Waals surface area contributed by atoms with Gasteiger partial charge in [0.15, 0.2) is 0 Å².